The number of aryl methyl sites for hydroxylation is 6. The number of ether oxygens (including phenoxy) is 3. The molecule has 6 fully saturated rings. The largest absolute Gasteiger partial charge is 0.480 e. The predicted octanol–water partition coefficient (Wildman–Crippen LogP) is 12.4. The molecule has 0 aromatic carbocycles. The molecule has 0 spiro atoms. The van der Waals surface area contributed by atoms with E-state index in [1.54, 1.807) is 0 Å². The molecule has 2 unspecified atom stereocenters. The zero-order chi connectivity index (χ0) is 52.2. The van der Waals surface area contributed by atoms with Gasteiger partial charge in [0.15, 0.2) is 0 Å². The first-order chi connectivity index (χ1) is 37.0. The highest BCUT2D eigenvalue weighted by atomic mass is 35.5. The van der Waals surface area contributed by atoms with Crippen molar-refractivity contribution in [2.75, 3.05) is 39.4 Å². The van der Waals surface area contributed by atoms with Gasteiger partial charge < -0.3 is 19.3 Å². The van der Waals surface area contributed by atoms with E-state index in [0.717, 1.165) is 138 Å². The number of halogens is 1. The monoisotopic (exact) mass is 1070 g/mol. The quantitative estimate of drug-likeness (QED) is 0.0592. The van der Waals surface area contributed by atoms with Gasteiger partial charge in [-0.25, -0.2) is 4.79 Å². The molecule has 4 saturated carbocycles. The summed E-state index contributed by atoms with van der Waals surface area (Å²) in [5.41, 5.74) is 14.0. The lowest BCUT2D eigenvalue weighted by molar-refractivity contribution is -0.161. The first kappa shape index (κ1) is 56.0. The molecule has 2 saturated heterocycles. The fourth-order valence-corrected chi connectivity index (χ4v) is 12.5. The summed E-state index contributed by atoms with van der Waals surface area (Å²) < 4.78 is 18.5. The average molecular weight is 1070 g/mol. The maximum absolute atomic E-state index is 13.7. The van der Waals surface area contributed by atoms with Crippen molar-refractivity contribution >= 4 is 24.3 Å². The molecule has 13 heteroatoms. The molecular weight excluding hydrogens is 984 g/mol. The fourth-order valence-electron chi connectivity index (χ4n) is 12.5. The molecule has 0 bridgehead atoms. The van der Waals surface area contributed by atoms with Gasteiger partial charge in [-0.2, -0.15) is 0 Å². The molecular formula is C64H87ClN6O6. The first-order valence-corrected chi connectivity index (χ1v) is 30.1. The van der Waals surface area contributed by atoms with E-state index in [4.69, 9.17) is 34.1 Å². The normalized spacial score (nSPS) is 22.3. The summed E-state index contributed by atoms with van der Waals surface area (Å²) in [6.45, 7) is 10.4. The van der Waals surface area contributed by atoms with Crippen molar-refractivity contribution in [3.8, 4) is 0 Å². The van der Waals surface area contributed by atoms with Crippen LogP contribution >= 0.6 is 12.4 Å². The fraction of sp³-hybridized carbons (Fsp3) is 0.656. The van der Waals surface area contributed by atoms with Crippen molar-refractivity contribution in [2.24, 2.45) is 0 Å². The number of fused-ring (bicyclic) bond motifs is 2. The molecule has 12 nitrogen and oxygen atoms in total. The Hall–Kier alpha value is -4.33. The van der Waals surface area contributed by atoms with Crippen LogP contribution in [-0.2, 0) is 62.3 Å². The zero-order valence-electron chi connectivity index (χ0n) is 46.5. The number of likely N-dealkylation sites (tertiary alicyclic amines) is 2. The number of nitrogens with zero attached hydrogens (tertiary/aromatic N) is 6. The van der Waals surface area contributed by atoms with Crippen molar-refractivity contribution in [3.05, 3.63) is 116 Å². The van der Waals surface area contributed by atoms with Crippen molar-refractivity contribution in [3.63, 3.8) is 0 Å². The number of hydrogen-bond acceptors (Lipinski definition) is 11. The van der Waals surface area contributed by atoms with Gasteiger partial charge in [-0.3, -0.25) is 34.5 Å². The van der Waals surface area contributed by atoms with Crippen molar-refractivity contribution in [2.45, 2.75) is 228 Å². The number of carbonyl (C=O) groups is 2. The molecule has 416 valence electrons. The van der Waals surface area contributed by atoms with E-state index in [2.05, 4.69) is 58.3 Å². The number of aromatic nitrogens is 4. The second-order valence-electron chi connectivity index (χ2n) is 24.9. The van der Waals surface area contributed by atoms with Crippen molar-refractivity contribution in [1.82, 2.24) is 29.7 Å². The molecule has 0 amide bonds. The topological polar surface area (TPSA) is 140 Å². The number of carboxylic acid groups (broad SMARTS) is 1. The van der Waals surface area contributed by atoms with Crippen LogP contribution in [0.5, 0.6) is 0 Å². The van der Waals surface area contributed by atoms with E-state index in [1.807, 2.05) is 20.8 Å². The Bertz CT molecular complexity index is 2660. The minimum absolute atomic E-state index is 0. The number of hydrogen-bond donors (Lipinski definition) is 1. The summed E-state index contributed by atoms with van der Waals surface area (Å²) in [7, 11) is 0. The molecule has 2 aliphatic heterocycles. The summed E-state index contributed by atoms with van der Waals surface area (Å²) in [5.74, 6) is 1.20. The molecule has 8 aliphatic rings. The van der Waals surface area contributed by atoms with E-state index >= 15 is 0 Å². The van der Waals surface area contributed by atoms with Gasteiger partial charge in [0, 0.05) is 120 Å². The maximum atomic E-state index is 13.7. The lowest BCUT2D eigenvalue weighted by atomic mass is 9.95. The van der Waals surface area contributed by atoms with Crippen LogP contribution in [0, 0.1) is 0 Å². The molecule has 6 heterocycles. The van der Waals surface area contributed by atoms with Crippen LogP contribution in [0.2, 0.25) is 0 Å². The SMILES string of the molecule is CC(C)(C)OC(=O)C(c1ccc(C2CC2)nc1C1CC1)N1CC[C@@H](OCCCCc2ccc3c(n2)CCCC3)C1.Cl.O=C(O)C(c1ccc(C2CC2)nc1C1CC1)N1CC[C@@H](OCCCCc2ccc3c(n2)CCCC3)C1. The third kappa shape index (κ3) is 14.9. The second kappa shape index (κ2) is 25.4. The molecule has 6 aliphatic carbocycles. The molecule has 4 atom stereocenters. The van der Waals surface area contributed by atoms with Gasteiger partial charge in [-0.1, -0.05) is 24.3 Å². The van der Waals surface area contributed by atoms with E-state index in [-0.39, 0.29) is 30.6 Å². The van der Waals surface area contributed by atoms with Crippen LogP contribution in [0.15, 0.2) is 48.5 Å². The predicted molar refractivity (Wildman–Crippen MR) is 302 cm³/mol. The third-order valence-corrected chi connectivity index (χ3v) is 17.2. The van der Waals surface area contributed by atoms with Gasteiger partial charge in [0.2, 0.25) is 0 Å². The summed E-state index contributed by atoms with van der Waals surface area (Å²) in [4.78, 5) is 50.4. The molecule has 4 aromatic heterocycles. The summed E-state index contributed by atoms with van der Waals surface area (Å²) in [6, 6.07) is 16.5. The Morgan fingerprint density at radius 2 is 1.00 bits per heavy atom. The number of esters is 1. The Morgan fingerprint density at radius 1 is 0.558 bits per heavy atom. The van der Waals surface area contributed by atoms with Gasteiger partial charge >= 0.3 is 11.9 Å². The standard InChI is InChI=1S/C34H47N3O3.C30H39N3O3.ClH/c1-34(2,3)40-33(38)32(28-17-18-30(24-11-12-24)36-31(28)25-13-14-25)37-20-19-27(22-37)39-21-7-6-9-26-16-15-23-8-4-5-10-29(23)35-26;34-30(35)29(25-14-15-27(21-8-9-21)32-28(25)22-10-11-22)33-17-16-24(19-33)36-18-4-3-6-23-13-12-20-5-1-2-7-26(20)31-23;/h15-18,24-25,27,32H,4-14,19-22H2,1-3H3;12-15,21-22,24,29H,1-11,16-19H2,(H,34,35);1H/t27-,32?;24-,29?;/m11./s1. The van der Waals surface area contributed by atoms with Gasteiger partial charge in [-0.15, -0.1) is 12.4 Å². The van der Waals surface area contributed by atoms with E-state index in [9.17, 15) is 14.7 Å². The molecule has 1 N–H and O–H groups in total. The van der Waals surface area contributed by atoms with Crippen LogP contribution < -0.4 is 0 Å². The van der Waals surface area contributed by atoms with Gasteiger partial charge in [0.25, 0.3) is 0 Å². The van der Waals surface area contributed by atoms with Crippen LogP contribution in [0.4, 0.5) is 0 Å². The molecule has 12 rings (SSSR count). The number of carboxylic acids is 1. The lowest BCUT2D eigenvalue weighted by Gasteiger charge is -2.31. The molecule has 77 heavy (non-hydrogen) atoms. The van der Waals surface area contributed by atoms with Gasteiger partial charge in [-0.05, 0) is 210 Å². The number of unbranched alkanes of at least 4 members (excludes halogenated alkanes) is 2. The van der Waals surface area contributed by atoms with Gasteiger partial charge in [0.05, 0.1) is 12.2 Å². The highest BCUT2D eigenvalue weighted by Crippen LogP contribution is 2.48. The van der Waals surface area contributed by atoms with Crippen LogP contribution in [0.25, 0.3) is 0 Å². The Morgan fingerprint density at radius 3 is 1.44 bits per heavy atom. The van der Waals surface area contributed by atoms with Crippen LogP contribution in [0.1, 0.15) is 240 Å². The Balaban J connectivity index is 0.000000173. The minimum Gasteiger partial charge on any atom is -0.480 e. The summed E-state index contributed by atoms with van der Waals surface area (Å²) in [6.07, 6.45) is 27.6. The minimum atomic E-state index is -0.768. The van der Waals surface area contributed by atoms with E-state index < -0.39 is 23.7 Å². The number of aliphatic carboxylic acids is 1. The first-order valence-electron chi connectivity index (χ1n) is 30.1. The summed E-state index contributed by atoms with van der Waals surface area (Å²) in [5, 5.41) is 10.2. The number of rotatable bonds is 22. The van der Waals surface area contributed by atoms with Crippen molar-refractivity contribution in [1.29, 1.82) is 0 Å². The molecule has 0 radical (unpaired) electrons. The number of carbonyl (C=O) groups excluding carboxylic acids is 1. The Kier molecular flexibility index (Phi) is 18.5. The highest BCUT2D eigenvalue weighted by Gasteiger charge is 2.42. The number of pyridine rings is 4. The van der Waals surface area contributed by atoms with Gasteiger partial charge in [0.1, 0.15) is 17.7 Å². The highest BCUT2D eigenvalue weighted by molar-refractivity contribution is 5.85. The Labute approximate surface area is 465 Å². The zero-order valence-corrected chi connectivity index (χ0v) is 47.3. The summed E-state index contributed by atoms with van der Waals surface area (Å²) >= 11 is 0. The third-order valence-electron chi connectivity index (χ3n) is 17.2. The maximum Gasteiger partial charge on any atom is 0.328 e. The molecule has 4 aromatic rings. The lowest BCUT2D eigenvalue weighted by Crippen LogP contribution is -2.38. The van der Waals surface area contributed by atoms with Crippen molar-refractivity contribution < 1.29 is 28.9 Å². The second-order valence-corrected chi connectivity index (χ2v) is 24.9. The van der Waals surface area contributed by atoms with Crippen LogP contribution in [0.3, 0.4) is 0 Å². The van der Waals surface area contributed by atoms with Crippen LogP contribution in [-0.4, -0.2) is 104 Å². The van der Waals surface area contributed by atoms with E-state index in [1.165, 1.54) is 117 Å². The average Bonchev–Trinajstić information content (AvgIpc) is 4.19. The smallest absolute Gasteiger partial charge is 0.328 e. The van der Waals surface area contributed by atoms with E-state index in [0.29, 0.717) is 30.2 Å².